The molecule has 3 rings (SSSR count). The van der Waals surface area contributed by atoms with E-state index in [0.717, 1.165) is 36.1 Å². The monoisotopic (exact) mass is 284 g/mol. The van der Waals surface area contributed by atoms with Crippen LogP contribution in [0.4, 0.5) is 5.82 Å². The third-order valence-corrected chi connectivity index (χ3v) is 4.25. The molecule has 4 nitrogen and oxygen atoms in total. The lowest BCUT2D eigenvalue weighted by atomic mass is 9.98. The molecule has 2 aromatic rings. The predicted molar refractivity (Wildman–Crippen MR) is 83.8 cm³/mol. The number of aliphatic carboxylic acids is 1. The number of aromatic nitrogens is 1. The summed E-state index contributed by atoms with van der Waals surface area (Å²) in [6.07, 6.45) is 1.67. The molecule has 1 aliphatic heterocycles. The Balaban J connectivity index is 1.98. The van der Waals surface area contributed by atoms with Crippen LogP contribution in [-0.2, 0) is 4.79 Å². The summed E-state index contributed by atoms with van der Waals surface area (Å²) in [5.74, 6) is -0.0846. The molecule has 21 heavy (non-hydrogen) atoms. The Morgan fingerprint density at radius 3 is 2.90 bits per heavy atom. The standard InChI is InChI=1S/C17H20N2O2/c1-11-5-6-14-12(2)9-16(18-15(14)8-11)19-7-3-4-13(10-19)17(20)21/h5-6,8-9,13H,3-4,7,10H2,1-2H3,(H,20,21). The van der Waals surface area contributed by atoms with Crippen molar-refractivity contribution in [2.24, 2.45) is 5.92 Å². The van der Waals surface area contributed by atoms with Gasteiger partial charge in [0.1, 0.15) is 5.82 Å². The van der Waals surface area contributed by atoms with Gasteiger partial charge in [-0.25, -0.2) is 4.98 Å². The fourth-order valence-electron chi connectivity index (χ4n) is 3.04. The second kappa shape index (κ2) is 5.35. The number of nitrogens with zero attached hydrogens (tertiary/aromatic N) is 2. The molecule has 0 radical (unpaired) electrons. The van der Waals surface area contributed by atoms with Gasteiger partial charge in [0.2, 0.25) is 0 Å². The lowest BCUT2D eigenvalue weighted by molar-refractivity contribution is -0.141. The number of carboxylic acids is 1. The van der Waals surface area contributed by atoms with Gasteiger partial charge in [-0.2, -0.15) is 0 Å². The SMILES string of the molecule is Cc1ccc2c(C)cc(N3CCCC(C(=O)O)C3)nc2c1. The van der Waals surface area contributed by atoms with Gasteiger partial charge in [0.25, 0.3) is 0 Å². The van der Waals surface area contributed by atoms with E-state index in [0.29, 0.717) is 6.54 Å². The van der Waals surface area contributed by atoms with Crippen LogP contribution >= 0.6 is 0 Å². The fraction of sp³-hybridized carbons (Fsp3) is 0.412. The first-order valence-electron chi connectivity index (χ1n) is 7.40. The molecule has 2 heterocycles. The highest BCUT2D eigenvalue weighted by Gasteiger charge is 2.26. The Labute approximate surface area is 124 Å². The maximum atomic E-state index is 11.2. The Morgan fingerprint density at radius 2 is 2.14 bits per heavy atom. The summed E-state index contributed by atoms with van der Waals surface area (Å²) in [5, 5.41) is 10.4. The van der Waals surface area contributed by atoms with Gasteiger partial charge in [-0.05, 0) is 49.9 Å². The van der Waals surface area contributed by atoms with E-state index in [-0.39, 0.29) is 5.92 Å². The maximum absolute atomic E-state index is 11.2. The van der Waals surface area contributed by atoms with Gasteiger partial charge in [-0.3, -0.25) is 4.79 Å². The first kappa shape index (κ1) is 13.9. The summed E-state index contributed by atoms with van der Waals surface area (Å²) in [6.45, 7) is 5.58. The second-order valence-electron chi connectivity index (χ2n) is 5.94. The van der Waals surface area contributed by atoms with Crippen molar-refractivity contribution in [3.05, 3.63) is 35.4 Å². The zero-order valence-electron chi connectivity index (χ0n) is 12.5. The highest BCUT2D eigenvalue weighted by atomic mass is 16.4. The van der Waals surface area contributed by atoms with E-state index < -0.39 is 5.97 Å². The summed E-state index contributed by atoms with van der Waals surface area (Å²) in [6, 6.07) is 8.36. The zero-order chi connectivity index (χ0) is 15.0. The minimum absolute atomic E-state index is 0.283. The molecule has 0 aliphatic carbocycles. The molecule has 1 N–H and O–H groups in total. The number of carboxylic acid groups (broad SMARTS) is 1. The topological polar surface area (TPSA) is 53.4 Å². The van der Waals surface area contributed by atoms with E-state index in [1.807, 2.05) is 0 Å². The van der Waals surface area contributed by atoms with E-state index in [2.05, 4.69) is 43.0 Å². The molecule has 1 aromatic carbocycles. The Morgan fingerprint density at radius 1 is 1.33 bits per heavy atom. The van der Waals surface area contributed by atoms with Crippen molar-refractivity contribution in [1.82, 2.24) is 4.98 Å². The Hall–Kier alpha value is -2.10. The van der Waals surface area contributed by atoms with Gasteiger partial charge in [-0.15, -0.1) is 0 Å². The van der Waals surface area contributed by atoms with Crippen LogP contribution in [0, 0.1) is 19.8 Å². The molecule has 1 atom stereocenters. The quantitative estimate of drug-likeness (QED) is 0.920. The predicted octanol–water partition coefficient (Wildman–Crippen LogP) is 3.15. The van der Waals surface area contributed by atoms with Gasteiger partial charge < -0.3 is 10.0 Å². The summed E-state index contributed by atoms with van der Waals surface area (Å²) in [5.41, 5.74) is 3.36. The number of fused-ring (bicyclic) bond motifs is 1. The highest BCUT2D eigenvalue weighted by molar-refractivity contribution is 5.84. The smallest absolute Gasteiger partial charge is 0.308 e. The number of pyridine rings is 1. The number of rotatable bonds is 2. The normalized spacial score (nSPS) is 19.0. The number of piperidine rings is 1. The minimum Gasteiger partial charge on any atom is -0.481 e. The number of aryl methyl sites for hydroxylation is 2. The van der Waals surface area contributed by atoms with Gasteiger partial charge in [-0.1, -0.05) is 12.1 Å². The minimum atomic E-state index is -0.701. The zero-order valence-corrected chi connectivity index (χ0v) is 12.5. The van der Waals surface area contributed by atoms with Crippen LogP contribution in [0.1, 0.15) is 24.0 Å². The van der Waals surface area contributed by atoms with Gasteiger partial charge >= 0.3 is 5.97 Å². The number of carbonyl (C=O) groups is 1. The maximum Gasteiger partial charge on any atom is 0.308 e. The molecular formula is C17H20N2O2. The van der Waals surface area contributed by atoms with E-state index in [4.69, 9.17) is 4.98 Å². The molecule has 1 aromatic heterocycles. The van der Waals surface area contributed by atoms with E-state index in [9.17, 15) is 9.90 Å². The van der Waals surface area contributed by atoms with Gasteiger partial charge in [0.15, 0.2) is 0 Å². The number of hydrogen-bond acceptors (Lipinski definition) is 3. The van der Waals surface area contributed by atoms with Gasteiger partial charge in [0.05, 0.1) is 11.4 Å². The molecule has 1 aliphatic rings. The first-order valence-corrected chi connectivity index (χ1v) is 7.40. The average Bonchev–Trinajstić information content (AvgIpc) is 2.46. The third-order valence-electron chi connectivity index (χ3n) is 4.25. The van der Waals surface area contributed by atoms with Crippen molar-refractivity contribution in [3.8, 4) is 0 Å². The highest BCUT2D eigenvalue weighted by Crippen LogP contribution is 2.27. The van der Waals surface area contributed by atoms with E-state index in [1.54, 1.807) is 0 Å². The molecule has 1 unspecified atom stereocenters. The van der Waals surface area contributed by atoms with E-state index >= 15 is 0 Å². The second-order valence-corrected chi connectivity index (χ2v) is 5.94. The van der Waals surface area contributed by atoms with Crippen LogP contribution in [0.15, 0.2) is 24.3 Å². The Bertz CT molecular complexity index is 696. The van der Waals surface area contributed by atoms with Crippen molar-refractivity contribution < 1.29 is 9.90 Å². The van der Waals surface area contributed by atoms with Gasteiger partial charge in [0, 0.05) is 18.5 Å². The number of hydrogen-bond donors (Lipinski definition) is 1. The summed E-state index contributed by atoms with van der Waals surface area (Å²) in [4.78, 5) is 18.1. The molecule has 0 saturated carbocycles. The van der Waals surface area contributed by atoms with Crippen LogP contribution < -0.4 is 4.90 Å². The first-order chi connectivity index (χ1) is 10.0. The van der Waals surface area contributed by atoms with Crippen LogP contribution in [0.3, 0.4) is 0 Å². The molecule has 0 spiro atoms. The third kappa shape index (κ3) is 2.71. The van der Waals surface area contributed by atoms with Crippen molar-refractivity contribution >= 4 is 22.7 Å². The summed E-state index contributed by atoms with van der Waals surface area (Å²) >= 11 is 0. The molecule has 4 heteroatoms. The molecule has 110 valence electrons. The Kier molecular flexibility index (Phi) is 3.53. The molecule has 1 fully saturated rings. The summed E-state index contributed by atoms with van der Waals surface area (Å²) in [7, 11) is 0. The van der Waals surface area contributed by atoms with Crippen LogP contribution in [0.2, 0.25) is 0 Å². The number of benzene rings is 1. The summed E-state index contributed by atoms with van der Waals surface area (Å²) < 4.78 is 0. The van der Waals surface area contributed by atoms with Crippen LogP contribution in [0.5, 0.6) is 0 Å². The van der Waals surface area contributed by atoms with Crippen molar-refractivity contribution in [3.63, 3.8) is 0 Å². The van der Waals surface area contributed by atoms with Crippen molar-refractivity contribution in [2.45, 2.75) is 26.7 Å². The van der Waals surface area contributed by atoms with E-state index in [1.165, 1.54) is 11.1 Å². The number of anilines is 1. The average molecular weight is 284 g/mol. The molecule has 0 amide bonds. The molecular weight excluding hydrogens is 264 g/mol. The molecule has 1 saturated heterocycles. The van der Waals surface area contributed by atoms with Crippen molar-refractivity contribution in [1.29, 1.82) is 0 Å². The molecule has 0 bridgehead atoms. The lowest BCUT2D eigenvalue weighted by Gasteiger charge is -2.32. The van der Waals surface area contributed by atoms with Crippen molar-refractivity contribution in [2.75, 3.05) is 18.0 Å². The lowest BCUT2D eigenvalue weighted by Crippen LogP contribution is -2.39. The van der Waals surface area contributed by atoms with Crippen LogP contribution in [-0.4, -0.2) is 29.1 Å². The largest absolute Gasteiger partial charge is 0.481 e. The fourth-order valence-corrected chi connectivity index (χ4v) is 3.04. The van der Waals surface area contributed by atoms with Crippen LogP contribution in [0.25, 0.3) is 10.9 Å².